The number of halogens is 1. The molecule has 6 heteroatoms. The fourth-order valence-corrected chi connectivity index (χ4v) is 2.98. The molecule has 0 radical (unpaired) electrons. The van der Waals surface area contributed by atoms with Crippen molar-refractivity contribution in [1.82, 2.24) is 15.1 Å². The van der Waals surface area contributed by atoms with Crippen LogP contribution in [0.25, 0.3) is 0 Å². The standard InChI is InChI=1S/C15H25ClN4O/c1-3-4-9-20-15(21)14(16)13(10-18-20)19-12-7-5-11(17-2)6-8-12/h10-12,17,19H,3-9H2,1-2H3. The Labute approximate surface area is 131 Å². The van der Waals surface area contributed by atoms with E-state index in [0.29, 0.717) is 24.3 Å². The summed E-state index contributed by atoms with van der Waals surface area (Å²) in [6.07, 6.45) is 8.11. The van der Waals surface area contributed by atoms with Crippen LogP contribution in [0.5, 0.6) is 0 Å². The Kier molecular flexibility index (Phi) is 6.06. The zero-order valence-electron chi connectivity index (χ0n) is 12.9. The highest BCUT2D eigenvalue weighted by molar-refractivity contribution is 6.32. The fourth-order valence-electron chi connectivity index (χ4n) is 2.78. The van der Waals surface area contributed by atoms with Crippen LogP contribution in [0.3, 0.4) is 0 Å². The normalized spacial score (nSPS) is 22.2. The van der Waals surface area contributed by atoms with E-state index in [1.54, 1.807) is 6.20 Å². The Morgan fingerprint density at radius 3 is 2.62 bits per heavy atom. The van der Waals surface area contributed by atoms with E-state index < -0.39 is 0 Å². The molecule has 1 aliphatic carbocycles. The molecule has 0 spiro atoms. The molecule has 1 heterocycles. The summed E-state index contributed by atoms with van der Waals surface area (Å²) in [6.45, 7) is 2.71. The summed E-state index contributed by atoms with van der Waals surface area (Å²) in [4.78, 5) is 12.2. The number of hydrogen-bond acceptors (Lipinski definition) is 4. The summed E-state index contributed by atoms with van der Waals surface area (Å²) >= 11 is 6.20. The van der Waals surface area contributed by atoms with Gasteiger partial charge in [-0.15, -0.1) is 0 Å². The number of aromatic nitrogens is 2. The predicted octanol–water partition coefficient (Wildman–Crippen LogP) is 2.64. The van der Waals surface area contributed by atoms with Gasteiger partial charge in [0.05, 0.1) is 11.9 Å². The van der Waals surface area contributed by atoms with E-state index >= 15 is 0 Å². The van der Waals surface area contributed by atoms with Gasteiger partial charge in [0.15, 0.2) is 0 Å². The number of anilines is 1. The van der Waals surface area contributed by atoms with E-state index in [1.165, 1.54) is 4.68 Å². The molecular weight excluding hydrogens is 288 g/mol. The number of hydrogen-bond donors (Lipinski definition) is 2. The van der Waals surface area contributed by atoms with Gasteiger partial charge in [0, 0.05) is 18.6 Å². The van der Waals surface area contributed by atoms with E-state index in [2.05, 4.69) is 22.7 Å². The molecule has 0 saturated heterocycles. The number of rotatable bonds is 6. The van der Waals surface area contributed by atoms with Gasteiger partial charge in [-0.25, -0.2) is 4.68 Å². The first-order chi connectivity index (χ1) is 10.2. The molecule has 0 aromatic carbocycles. The number of unbranched alkanes of at least 4 members (excludes halogenated alkanes) is 1. The molecule has 2 rings (SSSR count). The van der Waals surface area contributed by atoms with Crippen molar-refractivity contribution in [3.63, 3.8) is 0 Å². The third-order valence-electron chi connectivity index (χ3n) is 4.20. The molecule has 21 heavy (non-hydrogen) atoms. The lowest BCUT2D eigenvalue weighted by Gasteiger charge is -2.29. The maximum Gasteiger partial charge on any atom is 0.287 e. The van der Waals surface area contributed by atoms with Gasteiger partial charge in [-0.3, -0.25) is 4.79 Å². The molecule has 0 aliphatic heterocycles. The minimum atomic E-state index is -0.195. The van der Waals surface area contributed by atoms with Gasteiger partial charge < -0.3 is 10.6 Å². The van der Waals surface area contributed by atoms with Crippen LogP contribution in [-0.2, 0) is 6.54 Å². The van der Waals surface area contributed by atoms with Crippen LogP contribution in [-0.4, -0.2) is 28.9 Å². The van der Waals surface area contributed by atoms with Gasteiger partial charge >= 0.3 is 0 Å². The highest BCUT2D eigenvalue weighted by Crippen LogP contribution is 2.24. The minimum absolute atomic E-state index is 0.195. The first kappa shape index (κ1) is 16.3. The number of aryl methyl sites for hydroxylation is 1. The van der Waals surface area contributed by atoms with E-state index in [9.17, 15) is 4.79 Å². The quantitative estimate of drug-likeness (QED) is 0.848. The Morgan fingerprint density at radius 1 is 1.33 bits per heavy atom. The van der Waals surface area contributed by atoms with Gasteiger partial charge in [0.2, 0.25) is 0 Å². The lowest BCUT2D eigenvalue weighted by molar-refractivity contribution is 0.371. The maximum absolute atomic E-state index is 12.2. The monoisotopic (exact) mass is 312 g/mol. The van der Waals surface area contributed by atoms with E-state index in [0.717, 1.165) is 38.5 Å². The first-order valence-corrected chi connectivity index (χ1v) is 8.23. The van der Waals surface area contributed by atoms with Crippen LogP contribution in [0.4, 0.5) is 5.69 Å². The van der Waals surface area contributed by atoms with Crippen LogP contribution in [0, 0.1) is 0 Å². The molecule has 1 aliphatic rings. The van der Waals surface area contributed by atoms with Gasteiger partial charge in [0.1, 0.15) is 5.02 Å². The second kappa shape index (κ2) is 7.80. The third-order valence-corrected chi connectivity index (χ3v) is 4.57. The lowest BCUT2D eigenvalue weighted by Crippen LogP contribution is -2.35. The predicted molar refractivity (Wildman–Crippen MR) is 87.1 cm³/mol. The van der Waals surface area contributed by atoms with Gasteiger partial charge in [-0.05, 0) is 39.2 Å². The molecule has 0 amide bonds. The highest BCUT2D eigenvalue weighted by atomic mass is 35.5. The van der Waals surface area contributed by atoms with Crippen LogP contribution in [0.2, 0.25) is 5.02 Å². The average molecular weight is 313 g/mol. The summed E-state index contributed by atoms with van der Waals surface area (Å²) in [7, 11) is 2.01. The molecule has 0 bridgehead atoms. The lowest BCUT2D eigenvalue weighted by atomic mass is 9.91. The molecular formula is C15H25ClN4O. The zero-order chi connectivity index (χ0) is 15.2. The first-order valence-electron chi connectivity index (χ1n) is 7.85. The van der Waals surface area contributed by atoms with Crippen molar-refractivity contribution in [2.45, 2.75) is 64.1 Å². The molecule has 2 N–H and O–H groups in total. The number of nitrogens with zero attached hydrogens (tertiary/aromatic N) is 2. The van der Waals surface area contributed by atoms with Gasteiger partial charge in [-0.2, -0.15) is 5.10 Å². The summed E-state index contributed by atoms with van der Waals surface area (Å²) in [5.74, 6) is 0. The summed E-state index contributed by atoms with van der Waals surface area (Å²) in [6, 6.07) is 0.985. The average Bonchev–Trinajstić information content (AvgIpc) is 2.52. The summed E-state index contributed by atoms with van der Waals surface area (Å²) < 4.78 is 1.45. The summed E-state index contributed by atoms with van der Waals surface area (Å²) in [5, 5.41) is 11.2. The molecule has 5 nitrogen and oxygen atoms in total. The topological polar surface area (TPSA) is 59.0 Å². The Bertz CT molecular complexity index is 509. The minimum Gasteiger partial charge on any atom is -0.380 e. The largest absolute Gasteiger partial charge is 0.380 e. The van der Waals surface area contributed by atoms with Crippen molar-refractivity contribution >= 4 is 17.3 Å². The Hall–Kier alpha value is -1.07. The van der Waals surface area contributed by atoms with E-state index in [1.807, 2.05) is 7.05 Å². The molecule has 1 aromatic heterocycles. The van der Waals surface area contributed by atoms with Crippen LogP contribution in [0.15, 0.2) is 11.0 Å². The number of nitrogens with one attached hydrogen (secondary N) is 2. The zero-order valence-corrected chi connectivity index (χ0v) is 13.6. The van der Waals surface area contributed by atoms with E-state index in [4.69, 9.17) is 11.6 Å². The summed E-state index contributed by atoms with van der Waals surface area (Å²) in [5.41, 5.74) is 0.473. The third kappa shape index (κ3) is 4.20. The Balaban J connectivity index is 2.01. The van der Waals surface area contributed by atoms with E-state index in [-0.39, 0.29) is 10.6 Å². The van der Waals surface area contributed by atoms with Gasteiger partial charge in [-0.1, -0.05) is 24.9 Å². The van der Waals surface area contributed by atoms with Crippen LogP contribution < -0.4 is 16.2 Å². The van der Waals surface area contributed by atoms with Crippen molar-refractivity contribution in [2.24, 2.45) is 0 Å². The molecule has 1 fully saturated rings. The Morgan fingerprint density at radius 2 is 2.00 bits per heavy atom. The van der Waals surface area contributed by atoms with Crippen molar-refractivity contribution in [3.8, 4) is 0 Å². The molecule has 1 saturated carbocycles. The second-order valence-corrected chi connectivity index (χ2v) is 6.11. The molecule has 0 unspecified atom stereocenters. The highest BCUT2D eigenvalue weighted by Gasteiger charge is 2.21. The van der Waals surface area contributed by atoms with Crippen molar-refractivity contribution in [3.05, 3.63) is 21.6 Å². The van der Waals surface area contributed by atoms with Crippen molar-refractivity contribution < 1.29 is 0 Å². The van der Waals surface area contributed by atoms with Gasteiger partial charge in [0.25, 0.3) is 5.56 Å². The second-order valence-electron chi connectivity index (χ2n) is 5.74. The van der Waals surface area contributed by atoms with Crippen LogP contribution >= 0.6 is 11.6 Å². The fraction of sp³-hybridized carbons (Fsp3) is 0.733. The SMILES string of the molecule is CCCCn1ncc(NC2CCC(NC)CC2)c(Cl)c1=O. The molecule has 1 aromatic rings. The van der Waals surface area contributed by atoms with Crippen molar-refractivity contribution in [2.75, 3.05) is 12.4 Å². The molecule has 118 valence electrons. The van der Waals surface area contributed by atoms with Crippen molar-refractivity contribution in [1.29, 1.82) is 0 Å². The maximum atomic E-state index is 12.2. The smallest absolute Gasteiger partial charge is 0.287 e. The molecule has 0 atom stereocenters. The van der Waals surface area contributed by atoms with Crippen LogP contribution in [0.1, 0.15) is 45.4 Å².